The normalized spacial score (nSPS) is 14.5. The van der Waals surface area contributed by atoms with E-state index in [0.717, 1.165) is 11.3 Å². The molecule has 1 aromatic heterocycles. The van der Waals surface area contributed by atoms with E-state index >= 15 is 0 Å². The molecular weight excluding hydrogens is 286 g/mol. The number of aromatic amines is 1. The van der Waals surface area contributed by atoms with Crippen LogP contribution >= 0.6 is 0 Å². The Labute approximate surface area is 126 Å². The van der Waals surface area contributed by atoms with Gasteiger partial charge >= 0.3 is 12.1 Å². The van der Waals surface area contributed by atoms with E-state index in [2.05, 4.69) is 10.2 Å². The van der Waals surface area contributed by atoms with Crippen LogP contribution in [0.15, 0.2) is 36.4 Å². The van der Waals surface area contributed by atoms with Gasteiger partial charge < -0.3 is 14.7 Å². The summed E-state index contributed by atoms with van der Waals surface area (Å²) in [4.78, 5) is 24.2. The second-order valence-electron chi connectivity index (χ2n) is 5.16. The van der Waals surface area contributed by atoms with Crippen molar-refractivity contribution >= 4 is 12.1 Å². The van der Waals surface area contributed by atoms with E-state index in [1.165, 1.54) is 6.07 Å². The quantitative estimate of drug-likeness (QED) is 0.898. The number of rotatable bonds is 4. The van der Waals surface area contributed by atoms with Crippen LogP contribution in [0.3, 0.4) is 0 Å². The van der Waals surface area contributed by atoms with Crippen LogP contribution in [0.5, 0.6) is 0 Å². The molecule has 1 aliphatic rings. The molecule has 0 atom stereocenters. The summed E-state index contributed by atoms with van der Waals surface area (Å²) >= 11 is 0. The third kappa shape index (κ3) is 2.93. The largest absolute Gasteiger partial charge is 0.476 e. The first-order valence-corrected chi connectivity index (χ1v) is 6.87. The van der Waals surface area contributed by atoms with E-state index in [4.69, 9.17) is 9.84 Å². The average Bonchev–Trinajstić information content (AvgIpc) is 2.94. The van der Waals surface area contributed by atoms with Crippen molar-refractivity contribution in [3.8, 4) is 0 Å². The highest BCUT2D eigenvalue weighted by Crippen LogP contribution is 2.26. The lowest BCUT2D eigenvalue weighted by Gasteiger charge is -2.37. The van der Waals surface area contributed by atoms with Gasteiger partial charge in [-0.3, -0.25) is 5.10 Å². The van der Waals surface area contributed by atoms with E-state index < -0.39 is 5.97 Å². The zero-order valence-corrected chi connectivity index (χ0v) is 11.7. The number of H-pyrrole nitrogens is 1. The number of hydrogen-bond donors (Lipinski definition) is 2. The first-order valence-electron chi connectivity index (χ1n) is 6.87. The van der Waals surface area contributed by atoms with Crippen molar-refractivity contribution < 1.29 is 19.4 Å². The maximum absolute atomic E-state index is 11.9. The number of carbonyl (C=O) groups is 2. The van der Waals surface area contributed by atoms with E-state index in [1.807, 2.05) is 30.3 Å². The standard InChI is InChI=1S/C15H15N3O4/c19-14(20)13-6-12(16-17-13)11-7-18(8-11)15(21)22-9-10-4-2-1-3-5-10/h1-6,11H,7-9H2,(H,16,17)(H,19,20). The third-order valence-electron chi connectivity index (χ3n) is 3.60. The molecule has 1 aromatic carbocycles. The van der Waals surface area contributed by atoms with Crippen LogP contribution < -0.4 is 0 Å². The Bertz CT molecular complexity index is 677. The highest BCUT2D eigenvalue weighted by molar-refractivity contribution is 5.85. The van der Waals surface area contributed by atoms with Gasteiger partial charge in [-0.15, -0.1) is 0 Å². The summed E-state index contributed by atoms with van der Waals surface area (Å²) in [7, 11) is 0. The monoisotopic (exact) mass is 301 g/mol. The molecule has 1 amide bonds. The Hall–Kier alpha value is -2.83. The maximum atomic E-state index is 11.9. The molecule has 1 aliphatic heterocycles. The maximum Gasteiger partial charge on any atom is 0.410 e. The number of carbonyl (C=O) groups excluding carboxylic acids is 1. The fourth-order valence-corrected chi connectivity index (χ4v) is 2.29. The average molecular weight is 301 g/mol. The van der Waals surface area contributed by atoms with Crippen LogP contribution in [-0.4, -0.2) is 45.4 Å². The molecule has 7 nitrogen and oxygen atoms in total. The number of likely N-dealkylation sites (tertiary alicyclic amines) is 1. The van der Waals surface area contributed by atoms with Crippen LogP contribution in [0.4, 0.5) is 4.79 Å². The molecule has 2 heterocycles. The minimum absolute atomic E-state index is 0.0138. The van der Waals surface area contributed by atoms with Crippen molar-refractivity contribution in [1.29, 1.82) is 0 Å². The van der Waals surface area contributed by atoms with Gasteiger partial charge in [0, 0.05) is 24.7 Å². The van der Waals surface area contributed by atoms with Gasteiger partial charge in [-0.25, -0.2) is 9.59 Å². The van der Waals surface area contributed by atoms with Crippen LogP contribution in [0.25, 0.3) is 0 Å². The third-order valence-corrected chi connectivity index (χ3v) is 3.60. The van der Waals surface area contributed by atoms with E-state index in [9.17, 15) is 9.59 Å². The molecule has 0 aliphatic carbocycles. The summed E-state index contributed by atoms with van der Waals surface area (Å²) in [6.45, 7) is 1.23. The second-order valence-corrected chi connectivity index (χ2v) is 5.16. The van der Waals surface area contributed by atoms with Crippen LogP contribution in [0.2, 0.25) is 0 Å². The number of nitrogens with one attached hydrogen (secondary N) is 1. The fraction of sp³-hybridized carbons (Fsp3) is 0.267. The minimum atomic E-state index is -1.07. The van der Waals surface area contributed by atoms with E-state index in [-0.39, 0.29) is 24.3 Å². The van der Waals surface area contributed by atoms with Gasteiger partial charge in [0.1, 0.15) is 6.61 Å². The lowest BCUT2D eigenvalue weighted by atomic mass is 9.97. The number of amides is 1. The lowest BCUT2D eigenvalue weighted by molar-refractivity contribution is 0.0654. The predicted molar refractivity (Wildman–Crippen MR) is 76.5 cm³/mol. The van der Waals surface area contributed by atoms with Gasteiger partial charge in [0.05, 0.1) is 0 Å². The number of carboxylic acids is 1. The van der Waals surface area contributed by atoms with Gasteiger partial charge in [0.2, 0.25) is 0 Å². The van der Waals surface area contributed by atoms with Gasteiger partial charge in [-0.2, -0.15) is 5.10 Å². The van der Waals surface area contributed by atoms with Gasteiger partial charge in [-0.1, -0.05) is 30.3 Å². The lowest BCUT2D eigenvalue weighted by Crippen LogP contribution is -2.48. The zero-order chi connectivity index (χ0) is 15.5. The highest BCUT2D eigenvalue weighted by Gasteiger charge is 2.34. The van der Waals surface area contributed by atoms with Gasteiger partial charge in [0.15, 0.2) is 5.69 Å². The fourth-order valence-electron chi connectivity index (χ4n) is 2.29. The summed E-state index contributed by atoms with van der Waals surface area (Å²) in [6.07, 6.45) is -0.363. The van der Waals surface area contributed by atoms with Crippen molar-refractivity contribution in [3.63, 3.8) is 0 Å². The number of carboxylic acid groups (broad SMARTS) is 1. The first kappa shape index (κ1) is 14.1. The summed E-state index contributed by atoms with van der Waals surface area (Å²) in [5.74, 6) is -0.995. The topological polar surface area (TPSA) is 95.5 Å². The number of aromatic carboxylic acids is 1. The zero-order valence-electron chi connectivity index (χ0n) is 11.7. The number of hydrogen-bond acceptors (Lipinski definition) is 4. The number of aromatic nitrogens is 2. The van der Waals surface area contributed by atoms with Gasteiger partial charge in [0.25, 0.3) is 0 Å². The Kier molecular flexibility index (Phi) is 3.78. The molecule has 0 bridgehead atoms. The molecule has 0 radical (unpaired) electrons. The molecule has 2 N–H and O–H groups in total. The van der Waals surface area contributed by atoms with Crippen molar-refractivity contribution in [2.24, 2.45) is 0 Å². The molecule has 0 unspecified atom stereocenters. The molecule has 2 aromatic rings. The molecule has 7 heteroatoms. The summed E-state index contributed by atoms with van der Waals surface area (Å²) < 4.78 is 5.23. The molecule has 0 saturated carbocycles. The number of ether oxygens (including phenoxy) is 1. The Morgan fingerprint density at radius 3 is 2.68 bits per heavy atom. The van der Waals surface area contributed by atoms with Crippen molar-refractivity contribution in [3.05, 3.63) is 53.3 Å². The molecule has 1 fully saturated rings. The number of nitrogens with zero attached hydrogens (tertiary/aromatic N) is 2. The number of benzene rings is 1. The summed E-state index contributed by atoms with van der Waals surface area (Å²) in [5.41, 5.74) is 1.65. The summed E-state index contributed by atoms with van der Waals surface area (Å²) in [6, 6.07) is 11.0. The first-order chi connectivity index (χ1) is 10.6. The Balaban J connectivity index is 1.48. The summed E-state index contributed by atoms with van der Waals surface area (Å²) in [5, 5.41) is 15.2. The van der Waals surface area contributed by atoms with Gasteiger partial charge in [-0.05, 0) is 11.6 Å². The molecule has 22 heavy (non-hydrogen) atoms. The van der Waals surface area contributed by atoms with Crippen LogP contribution in [0, 0.1) is 0 Å². The van der Waals surface area contributed by atoms with Crippen LogP contribution in [-0.2, 0) is 11.3 Å². The van der Waals surface area contributed by atoms with E-state index in [1.54, 1.807) is 4.90 Å². The Morgan fingerprint density at radius 2 is 2.05 bits per heavy atom. The van der Waals surface area contributed by atoms with Crippen LogP contribution in [0.1, 0.15) is 27.7 Å². The molecule has 1 saturated heterocycles. The molecule has 0 spiro atoms. The van der Waals surface area contributed by atoms with Crippen molar-refractivity contribution in [1.82, 2.24) is 15.1 Å². The smallest absolute Gasteiger partial charge is 0.410 e. The molecule has 114 valence electrons. The highest BCUT2D eigenvalue weighted by atomic mass is 16.6. The van der Waals surface area contributed by atoms with Crippen molar-refractivity contribution in [2.45, 2.75) is 12.5 Å². The SMILES string of the molecule is O=C(O)c1cc(C2CN(C(=O)OCc3ccccc3)C2)[nH]n1. The molecular formula is C15H15N3O4. The van der Waals surface area contributed by atoms with Crippen molar-refractivity contribution in [2.75, 3.05) is 13.1 Å². The predicted octanol–water partition coefficient (Wildman–Crippen LogP) is 1.84. The van der Waals surface area contributed by atoms with E-state index in [0.29, 0.717) is 13.1 Å². The minimum Gasteiger partial charge on any atom is -0.476 e. The molecule has 3 rings (SSSR count). The second kappa shape index (κ2) is 5.88. The Morgan fingerprint density at radius 1 is 1.32 bits per heavy atom.